The van der Waals surface area contributed by atoms with Crippen LogP contribution in [-0.2, 0) is 9.84 Å². The Bertz CT molecular complexity index is 1240. The molecule has 0 amide bonds. The Kier molecular flexibility index (Phi) is 5.65. The fourth-order valence-corrected chi connectivity index (χ4v) is 3.71. The summed E-state index contributed by atoms with van der Waals surface area (Å²) in [4.78, 5) is 0.289. The zero-order valence-corrected chi connectivity index (χ0v) is 17.2. The summed E-state index contributed by atoms with van der Waals surface area (Å²) in [6.07, 6.45) is 1.19. The van der Waals surface area contributed by atoms with Crippen LogP contribution in [0.4, 0.5) is 11.4 Å². The number of benzene rings is 3. The smallest absolute Gasteiger partial charge is 0.175 e. The molecule has 3 aromatic carbocycles. The summed E-state index contributed by atoms with van der Waals surface area (Å²) in [5, 5.41) is 12.3. The lowest BCUT2D eigenvalue weighted by atomic mass is 10.1. The molecule has 0 saturated carbocycles. The first-order valence-corrected chi connectivity index (χ1v) is 10.5. The van der Waals surface area contributed by atoms with E-state index in [1.165, 1.54) is 6.26 Å². The number of anilines is 2. The van der Waals surface area contributed by atoms with Gasteiger partial charge >= 0.3 is 0 Å². The first-order chi connectivity index (χ1) is 12.9. The van der Waals surface area contributed by atoms with E-state index in [-0.39, 0.29) is 17.3 Å². The number of H-pyrrole nitrogens is 1. The maximum atomic E-state index is 11.6. The summed E-state index contributed by atoms with van der Waals surface area (Å²) in [5.41, 5.74) is 4.21. The fourth-order valence-electron chi connectivity index (χ4n) is 2.90. The molecule has 4 rings (SSSR count). The molecule has 0 aliphatic heterocycles. The molecule has 0 fully saturated rings. The van der Waals surface area contributed by atoms with Crippen LogP contribution < -0.4 is 5.32 Å². The van der Waals surface area contributed by atoms with Crippen LogP contribution in [0.5, 0.6) is 0 Å². The van der Waals surface area contributed by atoms with E-state index in [2.05, 4.69) is 15.5 Å². The third kappa shape index (κ3) is 3.99. The summed E-state index contributed by atoms with van der Waals surface area (Å²) >= 11 is 6.20. The topological polar surface area (TPSA) is 74.8 Å². The second kappa shape index (κ2) is 7.83. The lowest BCUT2D eigenvalue weighted by Gasteiger charge is -2.08. The van der Waals surface area contributed by atoms with Crippen molar-refractivity contribution in [2.45, 2.75) is 4.90 Å². The van der Waals surface area contributed by atoms with Crippen molar-refractivity contribution in [3.8, 4) is 11.3 Å². The van der Waals surface area contributed by atoms with E-state index in [0.29, 0.717) is 5.02 Å². The van der Waals surface area contributed by atoms with Gasteiger partial charge in [0.05, 0.1) is 26.8 Å². The lowest BCUT2D eigenvalue weighted by Crippen LogP contribution is -1.96. The molecule has 144 valence electrons. The molecule has 0 saturated heterocycles. The van der Waals surface area contributed by atoms with Crippen molar-refractivity contribution in [3.63, 3.8) is 0 Å². The molecular formula is C20H17Cl2N3O2S. The number of aromatic amines is 1. The summed E-state index contributed by atoms with van der Waals surface area (Å²) in [5.74, 6) is 0. The van der Waals surface area contributed by atoms with Gasteiger partial charge in [0.25, 0.3) is 0 Å². The molecular weight excluding hydrogens is 417 g/mol. The van der Waals surface area contributed by atoms with E-state index in [4.69, 9.17) is 11.6 Å². The van der Waals surface area contributed by atoms with Gasteiger partial charge in [-0.2, -0.15) is 5.10 Å². The Morgan fingerprint density at radius 1 is 1.00 bits per heavy atom. The van der Waals surface area contributed by atoms with Crippen molar-refractivity contribution in [2.24, 2.45) is 0 Å². The standard InChI is InChI=1S/C20H16ClN3O2S.ClH/c1-27(25,26)15-9-6-13(7-10-15)20-16-11-8-14(12-19(16)23-24-20)22-18-5-3-2-4-17(18)21;/h2-12,22H,1H3,(H,23,24);1H. The normalized spacial score (nSPS) is 11.2. The van der Waals surface area contributed by atoms with Crippen LogP contribution in [0.3, 0.4) is 0 Å². The molecule has 0 atom stereocenters. The molecule has 5 nitrogen and oxygen atoms in total. The molecule has 0 radical (unpaired) electrons. The van der Waals surface area contributed by atoms with Gasteiger partial charge in [-0.15, -0.1) is 12.4 Å². The molecule has 28 heavy (non-hydrogen) atoms. The molecule has 0 aliphatic carbocycles. The molecule has 1 heterocycles. The summed E-state index contributed by atoms with van der Waals surface area (Å²) in [6, 6.07) is 20.1. The van der Waals surface area contributed by atoms with Crippen LogP contribution in [0.15, 0.2) is 71.6 Å². The monoisotopic (exact) mass is 433 g/mol. The first kappa shape index (κ1) is 20.2. The Morgan fingerprint density at radius 2 is 1.71 bits per heavy atom. The van der Waals surface area contributed by atoms with E-state index in [1.54, 1.807) is 24.3 Å². The van der Waals surface area contributed by atoms with Crippen molar-refractivity contribution in [3.05, 3.63) is 71.8 Å². The number of nitrogens with zero attached hydrogens (tertiary/aromatic N) is 1. The minimum Gasteiger partial charge on any atom is -0.354 e. The first-order valence-electron chi connectivity index (χ1n) is 8.22. The summed E-state index contributed by atoms with van der Waals surface area (Å²) in [7, 11) is -3.22. The lowest BCUT2D eigenvalue weighted by molar-refractivity contribution is 0.602. The highest BCUT2D eigenvalue weighted by Crippen LogP contribution is 2.31. The number of halogens is 2. The zero-order chi connectivity index (χ0) is 19.0. The van der Waals surface area contributed by atoms with Crippen molar-refractivity contribution < 1.29 is 8.42 Å². The van der Waals surface area contributed by atoms with E-state index < -0.39 is 9.84 Å². The molecule has 8 heteroatoms. The van der Waals surface area contributed by atoms with E-state index >= 15 is 0 Å². The summed E-state index contributed by atoms with van der Waals surface area (Å²) < 4.78 is 23.2. The van der Waals surface area contributed by atoms with Crippen molar-refractivity contribution in [2.75, 3.05) is 11.6 Å². The van der Waals surface area contributed by atoms with Gasteiger partial charge in [-0.3, -0.25) is 5.10 Å². The number of para-hydroxylation sites is 1. The zero-order valence-electron chi connectivity index (χ0n) is 14.8. The van der Waals surface area contributed by atoms with Gasteiger partial charge < -0.3 is 5.32 Å². The highest BCUT2D eigenvalue weighted by atomic mass is 35.5. The predicted octanol–water partition coefficient (Wildman–Crippen LogP) is 5.45. The predicted molar refractivity (Wildman–Crippen MR) is 117 cm³/mol. The molecule has 0 spiro atoms. The Morgan fingerprint density at radius 3 is 2.39 bits per heavy atom. The minimum absolute atomic E-state index is 0. The molecule has 2 N–H and O–H groups in total. The van der Waals surface area contributed by atoms with Crippen LogP contribution in [0, 0.1) is 0 Å². The van der Waals surface area contributed by atoms with E-state index in [0.717, 1.165) is 33.5 Å². The number of sulfone groups is 1. The van der Waals surface area contributed by atoms with E-state index in [1.807, 2.05) is 42.5 Å². The van der Waals surface area contributed by atoms with Gasteiger partial charge in [-0.1, -0.05) is 35.9 Å². The van der Waals surface area contributed by atoms with Crippen LogP contribution >= 0.6 is 24.0 Å². The maximum Gasteiger partial charge on any atom is 0.175 e. The number of hydrogen-bond acceptors (Lipinski definition) is 4. The second-order valence-electron chi connectivity index (χ2n) is 6.23. The average molecular weight is 434 g/mol. The number of nitrogens with one attached hydrogen (secondary N) is 2. The van der Waals surface area contributed by atoms with Crippen LogP contribution in [0.1, 0.15) is 0 Å². The average Bonchev–Trinajstić information content (AvgIpc) is 3.06. The fraction of sp³-hybridized carbons (Fsp3) is 0.0500. The molecule has 0 aliphatic rings. The third-order valence-corrected chi connectivity index (χ3v) is 5.73. The van der Waals surface area contributed by atoms with Crippen LogP contribution in [-0.4, -0.2) is 24.9 Å². The van der Waals surface area contributed by atoms with Gasteiger partial charge in [-0.05, 0) is 42.5 Å². The molecule has 1 aromatic heterocycles. The maximum absolute atomic E-state index is 11.6. The van der Waals surface area contributed by atoms with Crippen molar-refractivity contribution >= 4 is 56.1 Å². The van der Waals surface area contributed by atoms with Gasteiger partial charge in [0.1, 0.15) is 0 Å². The van der Waals surface area contributed by atoms with Gasteiger partial charge in [0, 0.05) is 22.9 Å². The van der Waals surface area contributed by atoms with E-state index in [9.17, 15) is 8.42 Å². The second-order valence-corrected chi connectivity index (χ2v) is 8.66. The Labute approximate surface area is 174 Å². The number of hydrogen-bond donors (Lipinski definition) is 2. The Hall–Kier alpha value is -2.54. The SMILES string of the molecule is CS(=O)(=O)c1ccc(-c2n[nH]c3cc(Nc4ccccc4Cl)ccc23)cc1.Cl. The van der Waals surface area contributed by atoms with Gasteiger partial charge in [0.15, 0.2) is 9.84 Å². The highest BCUT2D eigenvalue weighted by Gasteiger charge is 2.11. The third-order valence-electron chi connectivity index (χ3n) is 4.27. The Balaban J connectivity index is 0.00000225. The quantitative estimate of drug-likeness (QED) is 0.448. The van der Waals surface area contributed by atoms with Crippen molar-refractivity contribution in [1.82, 2.24) is 10.2 Å². The molecule has 0 unspecified atom stereocenters. The largest absolute Gasteiger partial charge is 0.354 e. The number of fused-ring (bicyclic) bond motifs is 1. The molecule has 0 bridgehead atoms. The van der Waals surface area contributed by atoms with Crippen LogP contribution in [0.2, 0.25) is 5.02 Å². The number of rotatable bonds is 4. The number of aromatic nitrogens is 2. The van der Waals surface area contributed by atoms with Crippen LogP contribution in [0.25, 0.3) is 22.2 Å². The minimum atomic E-state index is -3.22. The van der Waals surface area contributed by atoms with Gasteiger partial charge in [0.2, 0.25) is 0 Å². The molecule has 4 aromatic rings. The highest BCUT2D eigenvalue weighted by molar-refractivity contribution is 7.90. The van der Waals surface area contributed by atoms with Crippen molar-refractivity contribution in [1.29, 1.82) is 0 Å². The summed E-state index contributed by atoms with van der Waals surface area (Å²) in [6.45, 7) is 0. The van der Waals surface area contributed by atoms with Gasteiger partial charge in [-0.25, -0.2) is 8.42 Å².